The lowest BCUT2D eigenvalue weighted by atomic mass is 10.1. The molecule has 3 amide bonds. The summed E-state index contributed by atoms with van der Waals surface area (Å²) in [4.78, 5) is 45.5. The van der Waals surface area contributed by atoms with Gasteiger partial charge < -0.3 is 16.0 Å². The third kappa shape index (κ3) is 8.31. The number of nitrogens with one attached hydrogen (secondary N) is 3. The molecule has 0 atom stereocenters. The van der Waals surface area contributed by atoms with Crippen LogP contribution in [0.3, 0.4) is 0 Å². The predicted octanol–water partition coefficient (Wildman–Crippen LogP) is 7.57. The Hall–Kier alpha value is -4.99. The lowest BCUT2D eigenvalue weighted by Gasteiger charge is -2.12. The van der Waals surface area contributed by atoms with Gasteiger partial charge in [-0.1, -0.05) is 84.4 Å². The number of thiazole rings is 1. The van der Waals surface area contributed by atoms with Crippen LogP contribution in [0.1, 0.15) is 26.4 Å². The minimum absolute atomic E-state index is 0.107. The minimum atomic E-state index is -0.468. The summed E-state index contributed by atoms with van der Waals surface area (Å²) in [6.07, 6.45) is 1.65. The van der Waals surface area contributed by atoms with Crippen LogP contribution in [0.5, 0.6) is 0 Å². The zero-order chi connectivity index (χ0) is 30.9. The number of benzene rings is 4. The monoisotopic (exact) mass is 618 g/mol. The fraction of sp³-hybridized carbons (Fsp3) is 0.0857. The lowest BCUT2D eigenvalue weighted by molar-refractivity contribution is -0.114. The van der Waals surface area contributed by atoms with E-state index in [0.717, 1.165) is 32.2 Å². The number of amides is 3. The maximum Gasteiger partial charge on any atom is 0.272 e. The molecule has 0 spiro atoms. The normalized spacial score (nSPS) is 11.1. The number of carbonyl (C=O) groups is 3. The highest BCUT2D eigenvalue weighted by Gasteiger charge is 2.16. The summed E-state index contributed by atoms with van der Waals surface area (Å²) in [7, 11) is 0. The molecule has 0 aliphatic rings. The summed E-state index contributed by atoms with van der Waals surface area (Å²) in [6, 6.07) is 33.5. The fourth-order valence-corrected chi connectivity index (χ4v) is 5.96. The largest absolute Gasteiger partial charge is 0.321 e. The molecule has 5 rings (SSSR count). The van der Waals surface area contributed by atoms with Crippen molar-refractivity contribution in [2.75, 3.05) is 16.4 Å². The van der Waals surface area contributed by atoms with Crippen molar-refractivity contribution in [3.63, 3.8) is 0 Å². The Morgan fingerprint density at radius 1 is 0.818 bits per heavy atom. The number of aryl methyl sites for hydroxylation is 2. The molecule has 4 aromatic carbocycles. The van der Waals surface area contributed by atoms with Crippen LogP contribution in [0, 0.1) is 13.8 Å². The number of rotatable bonds is 10. The smallest absolute Gasteiger partial charge is 0.272 e. The van der Waals surface area contributed by atoms with E-state index < -0.39 is 5.91 Å². The molecule has 220 valence electrons. The average Bonchev–Trinajstić information content (AvgIpc) is 3.40. The highest BCUT2D eigenvalue weighted by molar-refractivity contribution is 8.00. The fourth-order valence-electron chi connectivity index (χ4n) is 4.35. The molecule has 9 heteroatoms. The minimum Gasteiger partial charge on any atom is -0.321 e. The number of hydrogen-bond acceptors (Lipinski definition) is 6. The molecule has 0 fully saturated rings. The second kappa shape index (κ2) is 14.5. The first-order chi connectivity index (χ1) is 21.3. The Bertz CT molecular complexity index is 1820. The van der Waals surface area contributed by atoms with E-state index in [1.165, 1.54) is 23.1 Å². The molecule has 0 aliphatic carbocycles. The standard InChI is InChI=1S/C35H30N4O3S2/c1-23-11-9-12-25(19-23)20-30(37-33(41)27-15-7-4-8-16-27)34(42)36-28-17-10-18-29(21-28)43-22-31(40)38-35-39-32(24(2)44-35)26-13-5-3-6-14-26/h3-21H,22H2,1-2H3,(H,36,42)(H,37,41)(H,38,39,40)/b30-20+. The van der Waals surface area contributed by atoms with E-state index in [2.05, 4.69) is 20.9 Å². The second-order valence-corrected chi connectivity index (χ2v) is 12.2. The lowest BCUT2D eigenvalue weighted by Crippen LogP contribution is -2.30. The van der Waals surface area contributed by atoms with E-state index in [9.17, 15) is 14.4 Å². The molecule has 0 saturated heterocycles. The van der Waals surface area contributed by atoms with Crippen LogP contribution in [0.4, 0.5) is 10.8 Å². The molecule has 3 N–H and O–H groups in total. The van der Waals surface area contributed by atoms with E-state index >= 15 is 0 Å². The zero-order valence-corrected chi connectivity index (χ0v) is 25.8. The van der Waals surface area contributed by atoms with Gasteiger partial charge >= 0.3 is 0 Å². The Morgan fingerprint density at radius 3 is 2.30 bits per heavy atom. The molecule has 7 nitrogen and oxygen atoms in total. The van der Waals surface area contributed by atoms with Crippen molar-refractivity contribution in [3.8, 4) is 11.3 Å². The van der Waals surface area contributed by atoms with Crippen molar-refractivity contribution in [2.45, 2.75) is 18.7 Å². The summed E-state index contributed by atoms with van der Waals surface area (Å²) in [5.41, 5.74) is 4.76. The van der Waals surface area contributed by atoms with Crippen molar-refractivity contribution < 1.29 is 14.4 Å². The second-order valence-electron chi connectivity index (χ2n) is 9.90. The Balaban J connectivity index is 1.24. The molecule has 1 aromatic heterocycles. The van der Waals surface area contributed by atoms with Crippen LogP contribution in [0.25, 0.3) is 17.3 Å². The van der Waals surface area contributed by atoms with Crippen LogP contribution in [0.2, 0.25) is 0 Å². The van der Waals surface area contributed by atoms with Crippen molar-refractivity contribution in [3.05, 3.63) is 136 Å². The van der Waals surface area contributed by atoms with Crippen LogP contribution in [-0.4, -0.2) is 28.5 Å². The van der Waals surface area contributed by atoms with E-state index in [4.69, 9.17) is 0 Å². The Labute approximate surface area is 264 Å². The molecular weight excluding hydrogens is 589 g/mol. The quantitative estimate of drug-likeness (QED) is 0.111. The van der Waals surface area contributed by atoms with Crippen LogP contribution < -0.4 is 16.0 Å². The maximum atomic E-state index is 13.4. The van der Waals surface area contributed by atoms with Gasteiger partial charge in [-0.15, -0.1) is 23.1 Å². The van der Waals surface area contributed by atoms with Gasteiger partial charge in [-0.05, 0) is 55.8 Å². The van der Waals surface area contributed by atoms with Gasteiger partial charge in [0, 0.05) is 26.6 Å². The van der Waals surface area contributed by atoms with Gasteiger partial charge in [0.15, 0.2) is 5.13 Å². The van der Waals surface area contributed by atoms with Gasteiger partial charge in [0.2, 0.25) is 5.91 Å². The number of carbonyl (C=O) groups excluding carboxylic acids is 3. The summed E-state index contributed by atoms with van der Waals surface area (Å²) < 4.78 is 0. The summed E-state index contributed by atoms with van der Waals surface area (Å²) in [5, 5.41) is 9.09. The first-order valence-electron chi connectivity index (χ1n) is 13.9. The number of hydrogen-bond donors (Lipinski definition) is 3. The van der Waals surface area contributed by atoms with Crippen molar-refractivity contribution in [1.29, 1.82) is 0 Å². The van der Waals surface area contributed by atoms with Crippen LogP contribution >= 0.6 is 23.1 Å². The summed E-state index contributed by atoms with van der Waals surface area (Å²) in [5.74, 6) is -0.863. The van der Waals surface area contributed by atoms with E-state index in [-0.39, 0.29) is 23.3 Å². The topological polar surface area (TPSA) is 100 Å². The molecule has 0 radical (unpaired) electrons. The Kier molecular flexibility index (Phi) is 10.0. The molecule has 1 heterocycles. The Morgan fingerprint density at radius 2 is 1.55 bits per heavy atom. The van der Waals surface area contributed by atoms with Crippen molar-refractivity contribution >= 4 is 57.7 Å². The zero-order valence-electron chi connectivity index (χ0n) is 24.2. The molecular formula is C35H30N4O3S2. The van der Waals surface area contributed by atoms with Crippen LogP contribution in [-0.2, 0) is 9.59 Å². The first-order valence-corrected chi connectivity index (χ1v) is 15.7. The van der Waals surface area contributed by atoms with E-state index in [0.29, 0.717) is 16.4 Å². The molecule has 0 saturated carbocycles. The SMILES string of the molecule is Cc1cccc(/C=C(/NC(=O)c2ccccc2)C(=O)Nc2cccc(SCC(=O)Nc3nc(-c4ccccc4)c(C)s3)c2)c1. The van der Waals surface area contributed by atoms with Gasteiger partial charge in [-0.3, -0.25) is 14.4 Å². The van der Waals surface area contributed by atoms with E-state index in [1.807, 2.05) is 80.6 Å². The number of aromatic nitrogens is 1. The van der Waals surface area contributed by atoms with Gasteiger partial charge in [-0.25, -0.2) is 4.98 Å². The molecule has 0 aliphatic heterocycles. The average molecular weight is 619 g/mol. The van der Waals surface area contributed by atoms with Gasteiger partial charge in [0.1, 0.15) is 5.70 Å². The predicted molar refractivity (Wildman–Crippen MR) is 180 cm³/mol. The van der Waals surface area contributed by atoms with E-state index in [1.54, 1.807) is 48.5 Å². The highest BCUT2D eigenvalue weighted by atomic mass is 32.2. The number of nitrogens with zero attached hydrogens (tertiary/aromatic N) is 1. The van der Waals surface area contributed by atoms with Gasteiger partial charge in [-0.2, -0.15) is 0 Å². The van der Waals surface area contributed by atoms with Crippen molar-refractivity contribution in [1.82, 2.24) is 10.3 Å². The van der Waals surface area contributed by atoms with Crippen molar-refractivity contribution in [2.24, 2.45) is 0 Å². The molecule has 0 bridgehead atoms. The molecule has 0 unspecified atom stereocenters. The first kappa shape index (κ1) is 30.5. The number of anilines is 2. The van der Waals surface area contributed by atoms with Gasteiger partial charge in [0.25, 0.3) is 11.8 Å². The summed E-state index contributed by atoms with van der Waals surface area (Å²) in [6.45, 7) is 3.95. The molecule has 5 aromatic rings. The highest BCUT2D eigenvalue weighted by Crippen LogP contribution is 2.30. The van der Waals surface area contributed by atoms with Gasteiger partial charge in [0.05, 0.1) is 11.4 Å². The molecule has 44 heavy (non-hydrogen) atoms. The summed E-state index contributed by atoms with van der Waals surface area (Å²) >= 11 is 2.79. The third-order valence-electron chi connectivity index (χ3n) is 6.43. The number of thioether (sulfide) groups is 1. The maximum absolute atomic E-state index is 13.4. The third-order valence-corrected chi connectivity index (χ3v) is 8.31. The van der Waals surface area contributed by atoms with Crippen LogP contribution in [0.15, 0.2) is 120 Å².